The highest BCUT2D eigenvalue weighted by molar-refractivity contribution is 6.34. The van der Waals surface area contributed by atoms with Gasteiger partial charge in [0.2, 0.25) is 0 Å². The van der Waals surface area contributed by atoms with E-state index in [1.807, 2.05) is 0 Å². The number of nitrogens with one attached hydrogen (secondary N) is 3. The topological polar surface area (TPSA) is 121 Å². The number of halogens is 1. The van der Waals surface area contributed by atoms with Gasteiger partial charge in [-0.3, -0.25) is 14.4 Å². The van der Waals surface area contributed by atoms with Crippen molar-refractivity contribution >= 4 is 35.1 Å². The third-order valence-corrected chi connectivity index (χ3v) is 5.74. The van der Waals surface area contributed by atoms with Crippen molar-refractivity contribution < 1.29 is 28.6 Å². The Bertz CT molecular complexity index is 1140. The molecule has 1 aromatic heterocycles. The lowest BCUT2D eigenvalue weighted by Crippen LogP contribution is -2.35. The Morgan fingerprint density at radius 3 is 2.88 bits per heavy atom. The summed E-state index contributed by atoms with van der Waals surface area (Å²) in [7, 11) is 0. The molecule has 4 N–H and O–H groups in total. The van der Waals surface area contributed by atoms with Gasteiger partial charge in [-0.05, 0) is 43.7 Å². The van der Waals surface area contributed by atoms with Crippen LogP contribution in [-0.4, -0.2) is 46.6 Å². The second-order valence-electron chi connectivity index (χ2n) is 8.12. The van der Waals surface area contributed by atoms with E-state index in [-0.39, 0.29) is 24.8 Å². The summed E-state index contributed by atoms with van der Waals surface area (Å²) in [6.07, 6.45) is 1.22. The Morgan fingerprint density at radius 1 is 1.34 bits per heavy atom. The largest absolute Gasteiger partial charge is 0.462 e. The van der Waals surface area contributed by atoms with Crippen LogP contribution in [-0.2, 0) is 14.3 Å². The van der Waals surface area contributed by atoms with Crippen LogP contribution in [0, 0.1) is 19.7 Å². The Kier molecular flexibility index (Phi) is 5.84. The summed E-state index contributed by atoms with van der Waals surface area (Å²) in [5.41, 5.74) is 3.64. The lowest BCUT2D eigenvalue weighted by atomic mass is 10.0. The predicted molar refractivity (Wildman–Crippen MR) is 115 cm³/mol. The summed E-state index contributed by atoms with van der Waals surface area (Å²) in [6, 6.07) is 4.09. The second kappa shape index (κ2) is 8.58. The van der Waals surface area contributed by atoms with Crippen molar-refractivity contribution in [2.24, 2.45) is 0 Å². The highest BCUT2D eigenvalue weighted by Crippen LogP contribution is 2.34. The van der Waals surface area contributed by atoms with Gasteiger partial charge in [0, 0.05) is 42.0 Å². The molecule has 168 valence electrons. The molecule has 1 fully saturated rings. The van der Waals surface area contributed by atoms with E-state index in [9.17, 15) is 23.9 Å². The number of aryl methyl sites for hydroxylation is 1. The van der Waals surface area contributed by atoms with Crippen molar-refractivity contribution in [2.75, 3.05) is 11.9 Å². The number of hydrogen-bond acceptors (Lipinski definition) is 5. The SMILES string of the molecule is Cc1[nH]c(/C=C2\C(=O)Nc3ccc(F)cc32)c(C)c1C(=O)NCCC1CC(O)CC(=O)O1. The van der Waals surface area contributed by atoms with Crippen LogP contribution in [0.15, 0.2) is 18.2 Å². The van der Waals surface area contributed by atoms with Crippen LogP contribution >= 0.6 is 0 Å². The summed E-state index contributed by atoms with van der Waals surface area (Å²) in [6.45, 7) is 3.80. The van der Waals surface area contributed by atoms with Gasteiger partial charge in [-0.2, -0.15) is 0 Å². The van der Waals surface area contributed by atoms with E-state index in [0.29, 0.717) is 52.2 Å². The minimum atomic E-state index is -0.715. The lowest BCUT2D eigenvalue weighted by Gasteiger charge is -2.25. The molecule has 2 amide bonds. The molecule has 1 saturated heterocycles. The number of carbonyl (C=O) groups excluding carboxylic acids is 3. The van der Waals surface area contributed by atoms with Gasteiger partial charge >= 0.3 is 5.97 Å². The molecule has 32 heavy (non-hydrogen) atoms. The van der Waals surface area contributed by atoms with E-state index in [4.69, 9.17) is 4.74 Å². The Labute approximate surface area is 183 Å². The van der Waals surface area contributed by atoms with Crippen molar-refractivity contribution in [3.63, 3.8) is 0 Å². The normalized spacial score (nSPS) is 21.3. The molecule has 2 unspecified atom stereocenters. The molecule has 3 heterocycles. The summed E-state index contributed by atoms with van der Waals surface area (Å²) >= 11 is 0. The van der Waals surface area contributed by atoms with Gasteiger partial charge in [0.1, 0.15) is 11.9 Å². The van der Waals surface area contributed by atoms with Gasteiger partial charge in [0.05, 0.1) is 23.7 Å². The third-order valence-electron chi connectivity index (χ3n) is 5.74. The van der Waals surface area contributed by atoms with E-state index < -0.39 is 24.0 Å². The van der Waals surface area contributed by atoms with Crippen molar-refractivity contribution in [1.29, 1.82) is 0 Å². The number of H-pyrrole nitrogens is 1. The number of aliphatic hydroxyl groups excluding tert-OH is 1. The molecule has 0 spiro atoms. The number of fused-ring (bicyclic) bond motifs is 1. The van der Waals surface area contributed by atoms with Crippen LogP contribution in [0.4, 0.5) is 10.1 Å². The number of ether oxygens (including phenoxy) is 1. The minimum absolute atomic E-state index is 0.00196. The van der Waals surface area contributed by atoms with Gasteiger partial charge in [-0.25, -0.2) is 4.39 Å². The average molecular weight is 441 g/mol. The molecule has 0 saturated carbocycles. The molecule has 2 aliphatic rings. The number of aromatic amines is 1. The summed E-state index contributed by atoms with van der Waals surface area (Å²) in [5, 5.41) is 15.2. The van der Waals surface area contributed by atoms with Crippen LogP contribution in [0.25, 0.3) is 11.6 Å². The minimum Gasteiger partial charge on any atom is -0.462 e. The molecule has 2 atom stereocenters. The first-order chi connectivity index (χ1) is 15.2. The average Bonchev–Trinajstić information content (AvgIpc) is 3.16. The second-order valence-corrected chi connectivity index (χ2v) is 8.12. The standard InChI is InChI=1S/C23H24FN3O5/c1-11-19(10-17-16-7-13(24)3-4-18(16)27-22(17)30)26-12(2)21(11)23(31)25-6-5-15-8-14(28)9-20(29)32-15/h3-4,7,10,14-15,26,28H,5-6,8-9H2,1-2H3,(H,25,31)(H,27,30)/b17-10-. The van der Waals surface area contributed by atoms with Gasteiger partial charge in [0.25, 0.3) is 11.8 Å². The van der Waals surface area contributed by atoms with Crippen molar-refractivity contribution in [1.82, 2.24) is 10.3 Å². The molecule has 8 nitrogen and oxygen atoms in total. The third kappa shape index (κ3) is 4.29. The number of carbonyl (C=O) groups is 3. The number of amides is 2. The number of benzene rings is 1. The van der Waals surface area contributed by atoms with Gasteiger partial charge < -0.3 is 25.5 Å². The number of hydrogen-bond donors (Lipinski definition) is 4. The smallest absolute Gasteiger partial charge is 0.308 e. The van der Waals surface area contributed by atoms with Crippen LogP contribution < -0.4 is 10.6 Å². The Balaban J connectivity index is 1.48. The maximum atomic E-state index is 13.7. The zero-order valence-electron chi connectivity index (χ0n) is 17.8. The zero-order chi connectivity index (χ0) is 23.0. The summed E-state index contributed by atoms with van der Waals surface area (Å²) < 4.78 is 18.9. The molecular weight excluding hydrogens is 417 g/mol. The number of anilines is 1. The highest BCUT2D eigenvalue weighted by Gasteiger charge is 2.28. The van der Waals surface area contributed by atoms with Crippen molar-refractivity contribution in [3.8, 4) is 0 Å². The van der Waals surface area contributed by atoms with Crippen LogP contribution in [0.5, 0.6) is 0 Å². The van der Waals surface area contributed by atoms with Gasteiger partial charge in [0.15, 0.2) is 0 Å². The van der Waals surface area contributed by atoms with E-state index in [0.717, 1.165) is 0 Å². The lowest BCUT2D eigenvalue weighted by molar-refractivity contribution is -0.160. The van der Waals surface area contributed by atoms with E-state index >= 15 is 0 Å². The number of rotatable bonds is 5. The van der Waals surface area contributed by atoms with Crippen molar-refractivity contribution in [2.45, 2.75) is 45.3 Å². The van der Waals surface area contributed by atoms with Crippen LogP contribution in [0.2, 0.25) is 0 Å². The van der Waals surface area contributed by atoms with E-state index in [2.05, 4.69) is 15.6 Å². The van der Waals surface area contributed by atoms with Crippen LogP contribution in [0.3, 0.4) is 0 Å². The molecule has 2 aromatic rings. The number of cyclic esters (lactones) is 1. The monoisotopic (exact) mass is 441 g/mol. The maximum absolute atomic E-state index is 13.7. The maximum Gasteiger partial charge on any atom is 0.308 e. The molecule has 2 aliphatic heterocycles. The fraction of sp³-hybridized carbons (Fsp3) is 0.348. The number of aromatic nitrogens is 1. The fourth-order valence-electron chi connectivity index (χ4n) is 4.18. The summed E-state index contributed by atoms with van der Waals surface area (Å²) in [4.78, 5) is 39.7. The molecule has 0 bridgehead atoms. The predicted octanol–water partition coefficient (Wildman–Crippen LogP) is 2.45. The molecule has 4 rings (SSSR count). The summed E-state index contributed by atoms with van der Waals surface area (Å²) in [5.74, 6) is -1.52. The van der Waals surface area contributed by atoms with E-state index in [1.165, 1.54) is 18.2 Å². The van der Waals surface area contributed by atoms with Gasteiger partial charge in [-0.1, -0.05) is 0 Å². The van der Waals surface area contributed by atoms with Crippen LogP contribution in [0.1, 0.15) is 52.1 Å². The highest BCUT2D eigenvalue weighted by atomic mass is 19.1. The first-order valence-electron chi connectivity index (χ1n) is 10.4. The van der Waals surface area contributed by atoms with Crippen molar-refractivity contribution in [3.05, 3.63) is 52.1 Å². The Hall–Kier alpha value is -3.46. The molecule has 9 heteroatoms. The van der Waals surface area contributed by atoms with E-state index in [1.54, 1.807) is 19.9 Å². The molecule has 0 radical (unpaired) electrons. The van der Waals surface area contributed by atoms with Gasteiger partial charge in [-0.15, -0.1) is 0 Å². The quantitative estimate of drug-likeness (QED) is 0.420. The molecule has 0 aliphatic carbocycles. The number of aliphatic hydroxyl groups is 1. The fourth-order valence-corrected chi connectivity index (χ4v) is 4.18. The number of esters is 1. The zero-order valence-corrected chi connectivity index (χ0v) is 17.8. The first-order valence-corrected chi connectivity index (χ1v) is 10.4. The molecule has 1 aromatic carbocycles. The first kappa shape index (κ1) is 21.8. The molecular formula is C23H24FN3O5. The Morgan fingerprint density at radius 2 is 2.12 bits per heavy atom.